The Labute approximate surface area is 207 Å². The third-order valence-corrected chi connectivity index (χ3v) is 6.43. The Bertz CT molecular complexity index is 985. The molecule has 0 bridgehead atoms. The number of benzene rings is 1. The standard InChI is InChI=1S/C26H35ClN4O3/c1-19(2)17-34-24-22(27)13-21(14-29-24)25(33)30(16-23(32)28-4)18-26(3)11-8-12-31(26)15-20-9-6-5-7-10-20/h5-7,9-10,13-14,19H,8,11-12,15-18H2,1-4H3,(H,28,32). The molecule has 0 saturated carbocycles. The smallest absolute Gasteiger partial charge is 0.256 e. The van der Waals surface area contributed by atoms with Crippen LogP contribution in [0.3, 0.4) is 0 Å². The summed E-state index contributed by atoms with van der Waals surface area (Å²) in [6.45, 7) is 8.86. The highest BCUT2D eigenvalue weighted by atomic mass is 35.5. The number of nitrogens with one attached hydrogen (secondary N) is 1. The number of amides is 2. The predicted molar refractivity (Wildman–Crippen MR) is 134 cm³/mol. The summed E-state index contributed by atoms with van der Waals surface area (Å²) in [5.74, 6) is 0.136. The normalized spacial score (nSPS) is 18.2. The van der Waals surface area contributed by atoms with Crippen molar-refractivity contribution in [2.24, 2.45) is 5.92 Å². The summed E-state index contributed by atoms with van der Waals surface area (Å²) in [4.78, 5) is 34.1. The molecule has 184 valence electrons. The van der Waals surface area contributed by atoms with Crippen molar-refractivity contribution in [3.63, 3.8) is 0 Å². The van der Waals surface area contributed by atoms with Crippen molar-refractivity contribution in [1.82, 2.24) is 20.1 Å². The van der Waals surface area contributed by atoms with Crippen molar-refractivity contribution in [3.8, 4) is 5.88 Å². The van der Waals surface area contributed by atoms with Gasteiger partial charge >= 0.3 is 0 Å². The maximum Gasteiger partial charge on any atom is 0.256 e. The van der Waals surface area contributed by atoms with Gasteiger partial charge in [-0.1, -0.05) is 55.8 Å². The first-order chi connectivity index (χ1) is 16.2. The van der Waals surface area contributed by atoms with Crippen molar-refractivity contribution >= 4 is 23.4 Å². The van der Waals surface area contributed by atoms with Crippen LogP contribution >= 0.6 is 11.6 Å². The molecule has 1 unspecified atom stereocenters. The quantitative estimate of drug-likeness (QED) is 0.549. The lowest BCUT2D eigenvalue weighted by molar-refractivity contribution is -0.121. The Balaban J connectivity index is 1.80. The first-order valence-corrected chi connectivity index (χ1v) is 12.2. The number of likely N-dealkylation sites (N-methyl/N-ethyl adjacent to an activating group) is 1. The summed E-state index contributed by atoms with van der Waals surface area (Å²) < 4.78 is 5.63. The van der Waals surface area contributed by atoms with Crippen LogP contribution in [-0.4, -0.2) is 65.4 Å². The number of halogens is 1. The van der Waals surface area contributed by atoms with Crippen molar-refractivity contribution in [3.05, 3.63) is 58.7 Å². The van der Waals surface area contributed by atoms with Gasteiger partial charge in [-0.3, -0.25) is 14.5 Å². The van der Waals surface area contributed by atoms with Gasteiger partial charge in [0.1, 0.15) is 5.02 Å². The van der Waals surface area contributed by atoms with Gasteiger partial charge in [-0.15, -0.1) is 0 Å². The molecule has 1 N–H and O–H groups in total. The molecule has 2 aromatic rings. The van der Waals surface area contributed by atoms with Crippen LogP contribution in [0.15, 0.2) is 42.6 Å². The maximum atomic E-state index is 13.5. The molecule has 1 fully saturated rings. The lowest BCUT2D eigenvalue weighted by atomic mass is 9.96. The fourth-order valence-corrected chi connectivity index (χ4v) is 4.49. The van der Waals surface area contributed by atoms with E-state index in [4.69, 9.17) is 16.3 Å². The summed E-state index contributed by atoms with van der Waals surface area (Å²) in [5, 5.41) is 2.91. The fourth-order valence-electron chi connectivity index (χ4n) is 4.27. The Morgan fingerprint density at radius 3 is 2.68 bits per heavy atom. The first kappa shape index (κ1) is 26.0. The van der Waals surface area contributed by atoms with Crippen molar-refractivity contribution in [2.45, 2.75) is 45.7 Å². The van der Waals surface area contributed by atoms with Crippen LogP contribution in [0.4, 0.5) is 0 Å². The fraction of sp³-hybridized carbons (Fsp3) is 0.500. The second kappa shape index (κ2) is 11.7. The Morgan fingerprint density at radius 1 is 1.29 bits per heavy atom. The van der Waals surface area contributed by atoms with E-state index in [2.05, 4.69) is 34.3 Å². The minimum absolute atomic E-state index is 0.0344. The van der Waals surface area contributed by atoms with Gasteiger partial charge < -0.3 is 15.0 Å². The lowest BCUT2D eigenvalue weighted by Crippen LogP contribution is -2.53. The number of rotatable bonds is 10. The molecular formula is C26H35ClN4O3. The van der Waals surface area contributed by atoms with E-state index in [-0.39, 0.29) is 28.9 Å². The molecular weight excluding hydrogens is 452 g/mol. The number of likely N-dealkylation sites (tertiary alicyclic amines) is 1. The summed E-state index contributed by atoms with van der Waals surface area (Å²) in [6, 6.07) is 11.9. The highest BCUT2D eigenvalue weighted by Gasteiger charge is 2.39. The van der Waals surface area contributed by atoms with E-state index in [1.165, 1.54) is 11.8 Å². The SMILES string of the molecule is CNC(=O)CN(CC1(C)CCCN1Cc1ccccc1)C(=O)c1cnc(OCC(C)C)c(Cl)c1. The van der Waals surface area contributed by atoms with Crippen LogP contribution in [0, 0.1) is 5.92 Å². The van der Waals surface area contributed by atoms with E-state index in [0.29, 0.717) is 30.5 Å². The Hall–Kier alpha value is -2.64. The van der Waals surface area contributed by atoms with Crippen LogP contribution in [0.5, 0.6) is 5.88 Å². The van der Waals surface area contributed by atoms with Crippen molar-refractivity contribution in [2.75, 3.05) is 33.3 Å². The zero-order chi connectivity index (χ0) is 24.7. The van der Waals surface area contributed by atoms with Gasteiger partial charge in [-0.25, -0.2) is 4.98 Å². The van der Waals surface area contributed by atoms with Crippen LogP contribution in [0.1, 0.15) is 49.5 Å². The van der Waals surface area contributed by atoms with E-state index in [9.17, 15) is 9.59 Å². The Kier molecular flexibility index (Phi) is 8.91. The molecule has 2 heterocycles. The molecule has 3 rings (SSSR count). The minimum Gasteiger partial charge on any atom is -0.476 e. The molecule has 2 amide bonds. The van der Waals surface area contributed by atoms with Crippen LogP contribution in [0.25, 0.3) is 0 Å². The molecule has 7 nitrogen and oxygen atoms in total. The molecule has 0 radical (unpaired) electrons. The van der Waals surface area contributed by atoms with Crippen LogP contribution < -0.4 is 10.1 Å². The number of carbonyl (C=O) groups excluding carboxylic acids is 2. The van der Waals surface area contributed by atoms with Gasteiger partial charge in [0.15, 0.2) is 0 Å². The molecule has 1 aromatic carbocycles. The molecule has 34 heavy (non-hydrogen) atoms. The highest BCUT2D eigenvalue weighted by Crippen LogP contribution is 2.32. The highest BCUT2D eigenvalue weighted by molar-refractivity contribution is 6.32. The minimum atomic E-state index is -0.277. The topological polar surface area (TPSA) is 74.8 Å². The van der Waals surface area contributed by atoms with E-state index < -0.39 is 0 Å². The predicted octanol–water partition coefficient (Wildman–Crippen LogP) is 4.01. The van der Waals surface area contributed by atoms with Gasteiger partial charge in [0.05, 0.1) is 18.7 Å². The van der Waals surface area contributed by atoms with Crippen molar-refractivity contribution in [1.29, 1.82) is 0 Å². The molecule has 1 aliphatic heterocycles. The number of aromatic nitrogens is 1. The van der Waals surface area contributed by atoms with Crippen LogP contribution in [-0.2, 0) is 11.3 Å². The molecule has 8 heteroatoms. The monoisotopic (exact) mass is 486 g/mol. The zero-order valence-corrected chi connectivity index (χ0v) is 21.3. The van der Waals surface area contributed by atoms with Gasteiger partial charge in [0, 0.05) is 31.9 Å². The average molecular weight is 487 g/mol. The lowest BCUT2D eigenvalue weighted by Gasteiger charge is -2.39. The summed E-state index contributed by atoms with van der Waals surface area (Å²) in [7, 11) is 1.57. The first-order valence-electron chi connectivity index (χ1n) is 11.8. The van der Waals surface area contributed by atoms with Gasteiger partial charge in [-0.05, 0) is 43.9 Å². The molecule has 1 saturated heterocycles. The molecule has 0 aliphatic carbocycles. The van der Waals surface area contributed by atoms with Crippen molar-refractivity contribution < 1.29 is 14.3 Å². The van der Waals surface area contributed by atoms with E-state index in [1.807, 2.05) is 32.0 Å². The number of ether oxygens (including phenoxy) is 1. The second-order valence-corrected chi connectivity index (χ2v) is 9.97. The third kappa shape index (κ3) is 6.70. The number of carbonyl (C=O) groups is 2. The van der Waals surface area contributed by atoms with E-state index >= 15 is 0 Å². The number of hydrogen-bond acceptors (Lipinski definition) is 5. The van der Waals surface area contributed by atoms with E-state index in [1.54, 1.807) is 18.0 Å². The number of nitrogens with zero attached hydrogens (tertiary/aromatic N) is 3. The average Bonchev–Trinajstić information content (AvgIpc) is 3.17. The largest absolute Gasteiger partial charge is 0.476 e. The maximum absolute atomic E-state index is 13.5. The second-order valence-electron chi connectivity index (χ2n) is 9.56. The zero-order valence-electron chi connectivity index (χ0n) is 20.5. The summed E-state index contributed by atoms with van der Waals surface area (Å²) >= 11 is 6.36. The van der Waals surface area contributed by atoms with Crippen LogP contribution in [0.2, 0.25) is 5.02 Å². The van der Waals surface area contributed by atoms with Gasteiger partial charge in [0.2, 0.25) is 11.8 Å². The van der Waals surface area contributed by atoms with Gasteiger partial charge in [-0.2, -0.15) is 0 Å². The Morgan fingerprint density at radius 2 is 2.03 bits per heavy atom. The number of pyridine rings is 1. The molecule has 1 aromatic heterocycles. The molecule has 1 atom stereocenters. The third-order valence-electron chi connectivity index (χ3n) is 6.16. The molecule has 1 aliphatic rings. The van der Waals surface area contributed by atoms with E-state index in [0.717, 1.165) is 25.9 Å². The van der Waals surface area contributed by atoms with Gasteiger partial charge in [0.25, 0.3) is 5.91 Å². The molecule has 0 spiro atoms. The number of hydrogen-bond donors (Lipinski definition) is 1. The summed E-state index contributed by atoms with van der Waals surface area (Å²) in [5.41, 5.74) is 1.31. The summed E-state index contributed by atoms with van der Waals surface area (Å²) in [6.07, 6.45) is 3.46.